The van der Waals surface area contributed by atoms with Crippen molar-refractivity contribution in [2.45, 2.75) is 23.6 Å². The molecule has 0 amide bonds. The molecule has 1 aliphatic rings. The fourth-order valence-corrected chi connectivity index (χ4v) is 3.51. The van der Waals surface area contributed by atoms with Gasteiger partial charge in [-0.3, -0.25) is 0 Å². The number of nitrogens with zero attached hydrogens (tertiary/aromatic N) is 1. The van der Waals surface area contributed by atoms with E-state index in [1.54, 1.807) is 0 Å². The van der Waals surface area contributed by atoms with Gasteiger partial charge in [0.05, 0.1) is 12.6 Å². The van der Waals surface area contributed by atoms with Crippen LogP contribution in [0.25, 0.3) is 10.9 Å². The normalized spacial score (nSPS) is 18.4. The van der Waals surface area contributed by atoms with Crippen LogP contribution in [0, 0.1) is 0 Å². The van der Waals surface area contributed by atoms with E-state index >= 15 is 0 Å². The van der Waals surface area contributed by atoms with Crippen LogP contribution < -0.4 is 0 Å². The minimum absolute atomic E-state index is 0.258. The van der Waals surface area contributed by atoms with E-state index in [0.29, 0.717) is 10.9 Å². The van der Waals surface area contributed by atoms with Crippen LogP contribution in [-0.2, 0) is 11.3 Å². The molecule has 1 aliphatic heterocycles. The van der Waals surface area contributed by atoms with E-state index in [-0.39, 0.29) is 5.97 Å². The smallest absolute Gasteiger partial charge is 0.354 e. The number of methoxy groups -OCH3 is 1. The second-order valence-electron chi connectivity index (χ2n) is 4.25. The predicted molar refractivity (Wildman–Crippen MR) is 68.6 cm³/mol. The van der Waals surface area contributed by atoms with Crippen LogP contribution in [0.3, 0.4) is 0 Å². The first-order chi connectivity index (χ1) is 8.20. The summed E-state index contributed by atoms with van der Waals surface area (Å²) in [6.07, 6.45) is 0. The van der Waals surface area contributed by atoms with E-state index in [4.69, 9.17) is 4.74 Å². The molecule has 0 saturated heterocycles. The highest BCUT2D eigenvalue weighted by Gasteiger charge is 2.24. The molecule has 2 heterocycles. The number of thioether (sulfide) groups is 1. The number of aromatic nitrogens is 1. The molecule has 2 aromatic rings. The molecule has 17 heavy (non-hydrogen) atoms. The second-order valence-corrected chi connectivity index (χ2v) is 5.73. The Bertz CT molecular complexity index is 603. The van der Waals surface area contributed by atoms with Gasteiger partial charge >= 0.3 is 5.97 Å². The molecule has 1 aromatic heterocycles. The summed E-state index contributed by atoms with van der Waals surface area (Å²) in [5.41, 5.74) is 1.82. The maximum Gasteiger partial charge on any atom is 0.354 e. The molecule has 0 N–H and O–H groups in total. The summed E-state index contributed by atoms with van der Waals surface area (Å²) in [5, 5.41) is 1.59. The van der Waals surface area contributed by atoms with E-state index in [9.17, 15) is 4.79 Å². The van der Waals surface area contributed by atoms with Gasteiger partial charge in [-0.25, -0.2) is 4.79 Å². The van der Waals surface area contributed by atoms with Crippen molar-refractivity contribution in [3.05, 3.63) is 30.0 Å². The Morgan fingerprint density at radius 2 is 2.35 bits per heavy atom. The number of carbonyl (C=O) groups is 1. The summed E-state index contributed by atoms with van der Waals surface area (Å²) in [7, 11) is 1.43. The Balaban J connectivity index is 2.31. The van der Waals surface area contributed by atoms with Crippen molar-refractivity contribution in [1.82, 2.24) is 4.57 Å². The summed E-state index contributed by atoms with van der Waals surface area (Å²) >= 11 is 1.86. The highest BCUT2D eigenvalue weighted by molar-refractivity contribution is 8.00. The molecule has 0 radical (unpaired) electrons. The molecule has 88 valence electrons. The first-order valence-electron chi connectivity index (χ1n) is 5.58. The molecule has 0 bridgehead atoms. The van der Waals surface area contributed by atoms with Gasteiger partial charge in [-0.05, 0) is 12.1 Å². The Morgan fingerprint density at radius 1 is 1.53 bits per heavy atom. The lowest BCUT2D eigenvalue weighted by Gasteiger charge is -2.22. The zero-order valence-corrected chi connectivity index (χ0v) is 10.6. The average Bonchev–Trinajstić information content (AvgIpc) is 2.69. The molecule has 4 heteroatoms. The van der Waals surface area contributed by atoms with Crippen molar-refractivity contribution in [3.8, 4) is 0 Å². The van der Waals surface area contributed by atoms with Crippen LogP contribution in [0.1, 0.15) is 17.4 Å². The standard InChI is InChI=1S/C13H13NO2S/c1-8-7-14-10(13(15)16-2)6-9-4-3-5-11(17-8)12(9)14/h3-6,8H,7H2,1-2H3. The highest BCUT2D eigenvalue weighted by atomic mass is 32.2. The van der Waals surface area contributed by atoms with E-state index in [0.717, 1.165) is 17.4 Å². The highest BCUT2D eigenvalue weighted by Crippen LogP contribution is 2.38. The summed E-state index contributed by atoms with van der Waals surface area (Å²) in [6.45, 7) is 3.03. The number of rotatable bonds is 1. The van der Waals surface area contributed by atoms with Crippen LogP contribution in [0.15, 0.2) is 29.2 Å². The van der Waals surface area contributed by atoms with Crippen LogP contribution in [-0.4, -0.2) is 22.9 Å². The minimum Gasteiger partial charge on any atom is -0.464 e. The molecule has 3 rings (SSSR count). The van der Waals surface area contributed by atoms with Crippen molar-refractivity contribution in [3.63, 3.8) is 0 Å². The van der Waals surface area contributed by atoms with Gasteiger partial charge in [0, 0.05) is 22.1 Å². The molecule has 0 spiro atoms. The Labute approximate surface area is 104 Å². The first-order valence-corrected chi connectivity index (χ1v) is 6.46. The van der Waals surface area contributed by atoms with Crippen molar-refractivity contribution < 1.29 is 9.53 Å². The zero-order chi connectivity index (χ0) is 12.0. The summed E-state index contributed by atoms with van der Waals surface area (Å²) in [4.78, 5) is 13.0. The molecule has 3 nitrogen and oxygen atoms in total. The van der Waals surface area contributed by atoms with E-state index in [1.807, 2.05) is 30.0 Å². The Hall–Kier alpha value is -1.42. The van der Waals surface area contributed by atoms with Crippen molar-refractivity contribution >= 4 is 28.6 Å². The number of hydrogen-bond acceptors (Lipinski definition) is 3. The average molecular weight is 247 g/mol. The number of benzene rings is 1. The fourth-order valence-electron chi connectivity index (χ4n) is 2.36. The number of carbonyl (C=O) groups excluding carboxylic acids is 1. The number of esters is 1. The van der Waals surface area contributed by atoms with Crippen LogP contribution in [0.2, 0.25) is 0 Å². The van der Waals surface area contributed by atoms with Crippen LogP contribution in [0.5, 0.6) is 0 Å². The molecule has 0 fully saturated rings. The van der Waals surface area contributed by atoms with Gasteiger partial charge in [0.15, 0.2) is 0 Å². The molecular formula is C13H13NO2S. The molecule has 0 saturated carbocycles. The lowest BCUT2D eigenvalue weighted by molar-refractivity contribution is 0.0589. The van der Waals surface area contributed by atoms with Gasteiger partial charge in [0.2, 0.25) is 0 Å². The lowest BCUT2D eigenvalue weighted by atomic mass is 10.2. The van der Waals surface area contributed by atoms with Gasteiger partial charge in [0.25, 0.3) is 0 Å². The van der Waals surface area contributed by atoms with E-state index < -0.39 is 0 Å². The predicted octanol–water partition coefficient (Wildman–Crippen LogP) is 2.92. The van der Waals surface area contributed by atoms with Crippen molar-refractivity contribution in [1.29, 1.82) is 0 Å². The fraction of sp³-hybridized carbons (Fsp3) is 0.308. The third-order valence-corrected chi connectivity index (χ3v) is 4.18. The summed E-state index contributed by atoms with van der Waals surface area (Å²) < 4.78 is 6.92. The maximum absolute atomic E-state index is 11.8. The van der Waals surface area contributed by atoms with Gasteiger partial charge in [0.1, 0.15) is 5.69 Å². The number of hydrogen-bond donors (Lipinski definition) is 0. The lowest BCUT2D eigenvalue weighted by Crippen LogP contribution is -2.18. The largest absolute Gasteiger partial charge is 0.464 e. The third-order valence-electron chi connectivity index (χ3n) is 3.05. The quantitative estimate of drug-likeness (QED) is 0.726. The molecule has 1 unspecified atom stereocenters. The maximum atomic E-state index is 11.8. The summed E-state index contributed by atoms with van der Waals surface area (Å²) in [5.74, 6) is -0.258. The topological polar surface area (TPSA) is 31.2 Å². The van der Waals surface area contributed by atoms with Gasteiger partial charge in [-0.1, -0.05) is 19.1 Å². The van der Waals surface area contributed by atoms with Gasteiger partial charge in [-0.2, -0.15) is 0 Å². The summed E-state index contributed by atoms with van der Waals surface area (Å²) in [6, 6.07) is 8.11. The Morgan fingerprint density at radius 3 is 3.12 bits per heavy atom. The zero-order valence-electron chi connectivity index (χ0n) is 9.77. The minimum atomic E-state index is -0.258. The monoisotopic (exact) mass is 247 g/mol. The number of ether oxygens (including phenoxy) is 1. The SMILES string of the molecule is COC(=O)c1cc2cccc3c2n1CC(C)S3. The van der Waals surface area contributed by atoms with Crippen LogP contribution >= 0.6 is 11.8 Å². The molecule has 1 aromatic carbocycles. The van der Waals surface area contributed by atoms with Crippen LogP contribution in [0.4, 0.5) is 0 Å². The van der Waals surface area contributed by atoms with Crippen molar-refractivity contribution in [2.75, 3.05) is 7.11 Å². The van der Waals surface area contributed by atoms with Gasteiger partial charge < -0.3 is 9.30 Å². The Kier molecular flexibility index (Phi) is 2.40. The molecular weight excluding hydrogens is 234 g/mol. The first kappa shape index (κ1) is 10.7. The van der Waals surface area contributed by atoms with E-state index in [1.165, 1.54) is 12.0 Å². The number of para-hydroxylation sites is 1. The second kappa shape index (κ2) is 3.81. The van der Waals surface area contributed by atoms with E-state index in [2.05, 4.69) is 17.6 Å². The molecule has 1 atom stereocenters. The molecule has 0 aliphatic carbocycles. The third kappa shape index (κ3) is 1.55. The van der Waals surface area contributed by atoms with Crippen molar-refractivity contribution in [2.24, 2.45) is 0 Å². The van der Waals surface area contributed by atoms with Gasteiger partial charge in [-0.15, -0.1) is 11.8 Å².